The number of piperidine rings is 1. The molecule has 0 unspecified atom stereocenters. The number of benzene rings is 1. The summed E-state index contributed by atoms with van der Waals surface area (Å²) in [4.78, 5) is 6.30. The Labute approximate surface area is 228 Å². The van der Waals surface area contributed by atoms with E-state index in [1.54, 1.807) is 24.3 Å². The van der Waals surface area contributed by atoms with E-state index < -0.39 is 34.5 Å². The molecule has 1 fully saturated rings. The van der Waals surface area contributed by atoms with Crippen LogP contribution in [0.2, 0.25) is 0 Å². The van der Waals surface area contributed by atoms with Crippen LogP contribution in [0.5, 0.6) is 5.88 Å². The second-order valence-electron chi connectivity index (χ2n) is 9.41. The van der Waals surface area contributed by atoms with E-state index in [1.807, 2.05) is 11.9 Å². The van der Waals surface area contributed by atoms with Gasteiger partial charge in [-0.15, -0.1) is 11.3 Å². The summed E-state index contributed by atoms with van der Waals surface area (Å²) in [6, 6.07) is 7.65. The maximum Gasteiger partial charge on any atom is 0.393 e. The molecule has 13 heteroatoms. The molecule has 0 aliphatic carbocycles. The molecule has 2 aromatic heterocycles. The average Bonchev–Trinajstić information content (AvgIpc) is 3.19. The highest BCUT2D eigenvalue weighted by Crippen LogP contribution is 2.39. The van der Waals surface area contributed by atoms with Gasteiger partial charge in [0, 0.05) is 19.3 Å². The van der Waals surface area contributed by atoms with Crippen molar-refractivity contribution in [2.45, 2.75) is 36.3 Å². The van der Waals surface area contributed by atoms with Crippen molar-refractivity contribution in [3.63, 3.8) is 0 Å². The van der Waals surface area contributed by atoms with Gasteiger partial charge >= 0.3 is 6.18 Å². The summed E-state index contributed by atoms with van der Waals surface area (Å²) < 4.78 is 80.7. The molecular weight excluding hydrogens is 554 g/mol. The summed E-state index contributed by atoms with van der Waals surface area (Å²) in [5.41, 5.74) is 1.13. The summed E-state index contributed by atoms with van der Waals surface area (Å²) >= 11 is 1.15. The number of hydrogen-bond acceptors (Lipinski definition) is 8. The zero-order chi connectivity index (χ0) is 28.4. The van der Waals surface area contributed by atoms with Crippen molar-refractivity contribution in [3.8, 4) is 17.7 Å². The second kappa shape index (κ2) is 11.6. The van der Waals surface area contributed by atoms with Crippen LogP contribution in [0.3, 0.4) is 0 Å². The number of nitrogens with one attached hydrogen (secondary N) is 3. The van der Waals surface area contributed by atoms with E-state index in [9.17, 15) is 21.8 Å². The molecule has 1 aliphatic heterocycles. The minimum absolute atomic E-state index is 0.0711. The fourth-order valence-electron chi connectivity index (χ4n) is 4.37. The third-order valence-corrected chi connectivity index (χ3v) is 8.50. The van der Waals surface area contributed by atoms with Crippen molar-refractivity contribution in [3.05, 3.63) is 40.8 Å². The monoisotopic (exact) mass is 583 g/mol. The maximum absolute atomic E-state index is 14.7. The quantitative estimate of drug-likeness (QED) is 0.256. The van der Waals surface area contributed by atoms with Crippen LogP contribution in [0.1, 0.15) is 16.9 Å². The first-order valence-corrected chi connectivity index (χ1v) is 14.9. The predicted octanol–water partition coefficient (Wildman–Crippen LogP) is 5.36. The van der Waals surface area contributed by atoms with E-state index in [-0.39, 0.29) is 23.0 Å². The molecule has 39 heavy (non-hydrogen) atoms. The predicted molar refractivity (Wildman–Crippen MR) is 147 cm³/mol. The Bertz CT molecular complexity index is 1510. The van der Waals surface area contributed by atoms with Gasteiger partial charge in [0.1, 0.15) is 11.2 Å². The zero-order valence-corrected chi connectivity index (χ0v) is 23.2. The number of nitrogens with zero attached hydrogens (tertiary/aromatic N) is 2. The van der Waals surface area contributed by atoms with Gasteiger partial charge in [0.2, 0.25) is 5.88 Å². The first-order chi connectivity index (χ1) is 18.4. The number of hydrogen-bond donors (Lipinski definition) is 3. The van der Waals surface area contributed by atoms with E-state index in [0.717, 1.165) is 17.9 Å². The average molecular weight is 584 g/mol. The van der Waals surface area contributed by atoms with Crippen LogP contribution in [0, 0.1) is 16.6 Å². The minimum Gasteiger partial charge on any atom is -0.479 e. The summed E-state index contributed by atoms with van der Waals surface area (Å²) in [7, 11) is 0.208. The van der Waals surface area contributed by atoms with E-state index in [1.165, 1.54) is 19.4 Å². The molecule has 4 rings (SSSR count). The molecular formula is C26H29F4N5O2S2. The molecule has 0 bridgehead atoms. The van der Waals surface area contributed by atoms with Crippen molar-refractivity contribution in [2.24, 2.45) is 0 Å². The van der Waals surface area contributed by atoms with Crippen LogP contribution >= 0.6 is 11.3 Å². The first kappa shape index (κ1) is 28.9. The molecule has 1 aliphatic rings. The number of ether oxygens (including phenoxy) is 1. The molecule has 1 saturated heterocycles. The van der Waals surface area contributed by atoms with Gasteiger partial charge < -0.3 is 20.3 Å². The van der Waals surface area contributed by atoms with Gasteiger partial charge in [0.05, 0.1) is 56.8 Å². The largest absolute Gasteiger partial charge is 0.479 e. The van der Waals surface area contributed by atoms with Crippen LogP contribution < -0.4 is 15.4 Å². The molecule has 0 amide bonds. The second-order valence-corrected chi connectivity index (χ2v) is 12.5. The summed E-state index contributed by atoms with van der Waals surface area (Å²) in [6.07, 6.45) is -4.81. The van der Waals surface area contributed by atoms with E-state index in [2.05, 4.69) is 27.5 Å². The summed E-state index contributed by atoms with van der Waals surface area (Å²) in [5.74, 6) is 5.87. The van der Waals surface area contributed by atoms with Crippen LogP contribution in [-0.4, -0.2) is 72.5 Å². The zero-order valence-electron chi connectivity index (χ0n) is 21.6. The normalized spacial score (nSPS) is 19.7. The Morgan fingerprint density at radius 1 is 1.28 bits per heavy atom. The number of alkyl halides is 4. The third kappa shape index (κ3) is 7.12. The maximum atomic E-state index is 14.7. The fraction of sp³-hybridized carbons (Fsp3) is 0.423. The molecule has 210 valence electrons. The van der Waals surface area contributed by atoms with Gasteiger partial charge in [-0.25, -0.2) is 18.4 Å². The van der Waals surface area contributed by atoms with Gasteiger partial charge in [-0.3, -0.25) is 0 Å². The van der Waals surface area contributed by atoms with Gasteiger partial charge in [-0.05, 0) is 42.6 Å². The molecule has 0 radical (unpaired) electrons. The smallest absolute Gasteiger partial charge is 0.393 e. The van der Waals surface area contributed by atoms with Gasteiger partial charge in [0.25, 0.3) is 0 Å². The Morgan fingerprint density at radius 3 is 2.72 bits per heavy atom. The van der Waals surface area contributed by atoms with Crippen molar-refractivity contribution in [1.82, 2.24) is 9.88 Å². The minimum atomic E-state index is -4.43. The van der Waals surface area contributed by atoms with Crippen LogP contribution in [0.25, 0.3) is 10.1 Å². The SMILES string of the molecule is COc1nc([S@](C)(=N)=O)ccc1NCC#Cc1sc2c(N[C@H]3CCN(C)C[C@H]3F)cccc2c1CC(F)(F)F. The lowest BCUT2D eigenvalue weighted by atomic mass is 10.0. The van der Waals surface area contributed by atoms with Gasteiger partial charge in [-0.1, -0.05) is 24.0 Å². The number of rotatable bonds is 7. The summed E-state index contributed by atoms with van der Waals surface area (Å²) in [6.45, 7) is 1.10. The number of thiophene rings is 1. The van der Waals surface area contributed by atoms with E-state index in [4.69, 9.17) is 9.52 Å². The molecule has 3 atom stereocenters. The van der Waals surface area contributed by atoms with Crippen molar-refractivity contribution in [1.29, 1.82) is 4.78 Å². The van der Waals surface area contributed by atoms with Crippen LogP contribution in [-0.2, 0) is 16.1 Å². The Hall–Kier alpha value is -3.08. The number of likely N-dealkylation sites (tertiary alicyclic amines) is 1. The number of anilines is 2. The number of fused-ring (bicyclic) bond motifs is 1. The number of halogens is 4. The Balaban J connectivity index is 1.61. The highest BCUT2D eigenvalue weighted by atomic mass is 32.2. The third-order valence-electron chi connectivity index (χ3n) is 6.28. The molecule has 0 saturated carbocycles. The lowest BCUT2D eigenvalue weighted by Gasteiger charge is -2.33. The van der Waals surface area contributed by atoms with Crippen molar-refractivity contribution in [2.75, 3.05) is 50.7 Å². The van der Waals surface area contributed by atoms with Gasteiger partial charge in [0.15, 0.2) is 0 Å². The summed E-state index contributed by atoms with van der Waals surface area (Å²) in [5, 5.41) is 6.74. The topological polar surface area (TPSA) is 90.3 Å². The van der Waals surface area contributed by atoms with Crippen molar-refractivity contribution >= 4 is 42.5 Å². The van der Waals surface area contributed by atoms with Crippen LogP contribution in [0.15, 0.2) is 35.4 Å². The Morgan fingerprint density at radius 2 is 2.05 bits per heavy atom. The molecule has 3 aromatic rings. The first-order valence-electron chi connectivity index (χ1n) is 12.1. The fourth-order valence-corrected chi connectivity index (χ4v) is 6.13. The van der Waals surface area contributed by atoms with E-state index >= 15 is 0 Å². The molecule has 1 aromatic carbocycles. The number of pyridine rings is 1. The van der Waals surface area contributed by atoms with Crippen molar-refractivity contribution < 1.29 is 26.5 Å². The highest BCUT2D eigenvalue weighted by molar-refractivity contribution is 7.91. The lowest BCUT2D eigenvalue weighted by molar-refractivity contribution is -0.126. The molecule has 0 spiro atoms. The van der Waals surface area contributed by atoms with Crippen LogP contribution in [0.4, 0.5) is 28.9 Å². The molecule has 3 N–H and O–H groups in total. The molecule has 7 nitrogen and oxygen atoms in total. The Kier molecular flexibility index (Phi) is 8.58. The lowest BCUT2D eigenvalue weighted by Crippen LogP contribution is -2.46. The standard InChI is InChI=1S/C26H29F4N5O2S2/c1-35-13-11-19(18(27)15-35)33-20-7-4-6-16-17(14-26(28,29)30)22(38-24(16)20)8-5-12-32-21-9-10-23(39(3,31)36)34-25(21)37-2/h4,6-7,9-10,18-19,31-33H,11-15H2,1-3H3/t18-,19+,39-/m1/s1. The van der Waals surface area contributed by atoms with E-state index in [0.29, 0.717) is 39.3 Å². The number of aromatic nitrogens is 1. The number of methoxy groups -OCH3 is 1. The molecule has 3 heterocycles. The van der Waals surface area contributed by atoms with Gasteiger partial charge in [-0.2, -0.15) is 13.2 Å². The highest BCUT2D eigenvalue weighted by Gasteiger charge is 2.32.